The zero-order valence-corrected chi connectivity index (χ0v) is 10.1. The SMILES string of the molecule is CC1(C)Oc2ccc(Cl)c(OCC(=O)O)c2O1. The molecule has 0 saturated heterocycles. The van der Waals surface area contributed by atoms with Crippen LogP contribution in [0.5, 0.6) is 17.2 Å². The fourth-order valence-corrected chi connectivity index (χ4v) is 1.70. The number of fused-ring (bicyclic) bond motifs is 1. The lowest BCUT2D eigenvalue weighted by molar-refractivity contribution is -0.139. The van der Waals surface area contributed by atoms with Crippen molar-refractivity contribution in [1.82, 2.24) is 0 Å². The average molecular weight is 259 g/mol. The maximum absolute atomic E-state index is 10.5. The molecule has 1 N–H and O–H groups in total. The molecule has 1 aliphatic heterocycles. The summed E-state index contributed by atoms with van der Waals surface area (Å²) in [4.78, 5) is 10.5. The van der Waals surface area contributed by atoms with E-state index in [1.54, 1.807) is 26.0 Å². The van der Waals surface area contributed by atoms with Crippen molar-refractivity contribution in [3.8, 4) is 17.2 Å². The molecule has 2 rings (SSSR count). The summed E-state index contributed by atoms with van der Waals surface area (Å²) in [6.07, 6.45) is 0. The Labute approximate surface area is 103 Å². The van der Waals surface area contributed by atoms with Gasteiger partial charge in [0.2, 0.25) is 11.5 Å². The number of aliphatic carboxylic acids is 1. The first-order chi connectivity index (χ1) is 7.89. The van der Waals surface area contributed by atoms with E-state index in [2.05, 4.69) is 0 Å². The lowest BCUT2D eigenvalue weighted by Crippen LogP contribution is -2.29. The normalized spacial score (nSPS) is 15.7. The number of ether oxygens (including phenoxy) is 3. The van der Waals surface area contributed by atoms with Gasteiger partial charge in [-0.3, -0.25) is 0 Å². The summed E-state index contributed by atoms with van der Waals surface area (Å²) in [6.45, 7) is 2.99. The van der Waals surface area contributed by atoms with Gasteiger partial charge in [-0.2, -0.15) is 0 Å². The molecule has 1 aromatic carbocycles. The third-order valence-corrected chi connectivity index (χ3v) is 2.37. The first kappa shape index (κ1) is 11.9. The number of carboxylic acids is 1. The average Bonchev–Trinajstić information content (AvgIpc) is 2.51. The summed E-state index contributed by atoms with van der Waals surface area (Å²) < 4.78 is 16.1. The third-order valence-electron chi connectivity index (χ3n) is 2.07. The predicted octanol–water partition coefficient (Wildman–Crippen LogP) is 2.31. The molecule has 0 unspecified atom stereocenters. The number of halogens is 1. The minimum absolute atomic E-state index is 0.192. The van der Waals surface area contributed by atoms with E-state index in [0.29, 0.717) is 11.5 Å². The van der Waals surface area contributed by atoms with E-state index >= 15 is 0 Å². The Morgan fingerprint density at radius 1 is 1.47 bits per heavy atom. The van der Waals surface area contributed by atoms with Crippen LogP contribution in [0.4, 0.5) is 0 Å². The highest BCUT2D eigenvalue weighted by Gasteiger charge is 2.35. The number of carbonyl (C=O) groups is 1. The molecule has 0 amide bonds. The molecule has 0 saturated carbocycles. The van der Waals surface area contributed by atoms with Crippen molar-refractivity contribution in [2.75, 3.05) is 6.61 Å². The second-order valence-corrected chi connectivity index (χ2v) is 4.40. The quantitative estimate of drug-likeness (QED) is 0.901. The fraction of sp³-hybridized carbons (Fsp3) is 0.364. The summed E-state index contributed by atoms with van der Waals surface area (Å²) in [5.74, 6) is -0.883. The Kier molecular flexibility index (Phi) is 2.79. The molecular formula is C11H11ClO5. The van der Waals surface area contributed by atoms with E-state index in [9.17, 15) is 4.79 Å². The van der Waals surface area contributed by atoms with E-state index < -0.39 is 18.4 Å². The molecule has 0 aromatic heterocycles. The van der Waals surface area contributed by atoms with Gasteiger partial charge in [-0.1, -0.05) is 11.6 Å². The van der Waals surface area contributed by atoms with Crippen LogP contribution in [0.15, 0.2) is 12.1 Å². The highest BCUT2D eigenvalue weighted by molar-refractivity contribution is 6.32. The lowest BCUT2D eigenvalue weighted by Gasteiger charge is -2.16. The highest BCUT2D eigenvalue weighted by atomic mass is 35.5. The Hall–Kier alpha value is -1.62. The second-order valence-electron chi connectivity index (χ2n) is 3.99. The maximum Gasteiger partial charge on any atom is 0.341 e. The van der Waals surface area contributed by atoms with Crippen LogP contribution in [0.1, 0.15) is 13.8 Å². The lowest BCUT2D eigenvalue weighted by atomic mass is 10.3. The second kappa shape index (κ2) is 4.00. The summed E-state index contributed by atoms with van der Waals surface area (Å²) >= 11 is 5.93. The molecule has 0 aliphatic carbocycles. The Morgan fingerprint density at radius 2 is 2.18 bits per heavy atom. The molecule has 0 atom stereocenters. The molecule has 5 nitrogen and oxygen atoms in total. The van der Waals surface area contributed by atoms with E-state index in [-0.39, 0.29) is 10.8 Å². The van der Waals surface area contributed by atoms with Crippen LogP contribution >= 0.6 is 11.6 Å². The molecule has 6 heteroatoms. The summed E-state index contributed by atoms with van der Waals surface area (Å²) in [5.41, 5.74) is 0. The first-order valence-corrected chi connectivity index (χ1v) is 5.32. The van der Waals surface area contributed by atoms with E-state index in [4.69, 9.17) is 30.9 Å². The van der Waals surface area contributed by atoms with Crippen LogP contribution in [0.2, 0.25) is 5.02 Å². The van der Waals surface area contributed by atoms with Crippen LogP contribution in [0.3, 0.4) is 0 Å². The molecule has 0 bridgehead atoms. The molecule has 0 spiro atoms. The van der Waals surface area contributed by atoms with Gasteiger partial charge < -0.3 is 19.3 Å². The van der Waals surface area contributed by atoms with Gasteiger partial charge >= 0.3 is 5.97 Å². The molecule has 0 fully saturated rings. The van der Waals surface area contributed by atoms with Crippen LogP contribution in [0, 0.1) is 0 Å². The molecule has 1 aliphatic rings. The monoisotopic (exact) mass is 258 g/mol. The fourth-order valence-electron chi connectivity index (χ4n) is 1.50. The van der Waals surface area contributed by atoms with E-state index in [0.717, 1.165) is 0 Å². The number of hydrogen-bond donors (Lipinski definition) is 1. The zero-order chi connectivity index (χ0) is 12.6. The minimum atomic E-state index is -1.09. The van der Waals surface area contributed by atoms with Crippen molar-refractivity contribution < 1.29 is 24.1 Å². The van der Waals surface area contributed by atoms with Crippen molar-refractivity contribution in [2.45, 2.75) is 19.6 Å². The Balaban J connectivity index is 2.33. The smallest absolute Gasteiger partial charge is 0.341 e. The van der Waals surface area contributed by atoms with Gasteiger partial charge in [0, 0.05) is 13.8 Å². The van der Waals surface area contributed by atoms with Crippen molar-refractivity contribution in [3.63, 3.8) is 0 Å². The predicted molar refractivity (Wildman–Crippen MR) is 59.9 cm³/mol. The Bertz CT molecular complexity index is 469. The van der Waals surface area contributed by atoms with E-state index in [1.807, 2.05) is 0 Å². The summed E-state index contributed by atoms with van der Waals surface area (Å²) in [6, 6.07) is 3.22. The van der Waals surface area contributed by atoms with Crippen LogP contribution in [-0.4, -0.2) is 23.5 Å². The highest BCUT2D eigenvalue weighted by Crippen LogP contribution is 2.49. The van der Waals surface area contributed by atoms with Gasteiger partial charge in [0.15, 0.2) is 18.1 Å². The van der Waals surface area contributed by atoms with Gasteiger partial charge in [-0.05, 0) is 12.1 Å². The summed E-state index contributed by atoms with van der Waals surface area (Å²) in [5, 5.41) is 8.86. The summed E-state index contributed by atoms with van der Waals surface area (Å²) in [7, 11) is 0. The third kappa shape index (κ3) is 2.39. The largest absolute Gasteiger partial charge is 0.479 e. The molecular weight excluding hydrogens is 248 g/mol. The van der Waals surface area contributed by atoms with Gasteiger partial charge in [0.25, 0.3) is 0 Å². The number of hydrogen-bond acceptors (Lipinski definition) is 4. The van der Waals surface area contributed by atoms with Crippen molar-refractivity contribution in [2.24, 2.45) is 0 Å². The molecule has 0 radical (unpaired) electrons. The number of carboxylic acid groups (broad SMARTS) is 1. The van der Waals surface area contributed by atoms with Crippen LogP contribution < -0.4 is 14.2 Å². The molecule has 17 heavy (non-hydrogen) atoms. The van der Waals surface area contributed by atoms with Crippen molar-refractivity contribution in [3.05, 3.63) is 17.2 Å². The Morgan fingerprint density at radius 3 is 2.82 bits per heavy atom. The maximum atomic E-state index is 10.5. The van der Waals surface area contributed by atoms with Gasteiger partial charge in [-0.15, -0.1) is 0 Å². The number of benzene rings is 1. The zero-order valence-electron chi connectivity index (χ0n) is 9.32. The van der Waals surface area contributed by atoms with Gasteiger partial charge in [0.05, 0.1) is 5.02 Å². The standard InChI is InChI=1S/C11H11ClO5/c1-11(2)16-7-4-3-6(12)9(10(7)17-11)15-5-8(13)14/h3-4H,5H2,1-2H3,(H,13,14). The van der Waals surface area contributed by atoms with Gasteiger partial charge in [0.1, 0.15) is 0 Å². The first-order valence-electron chi connectivity index (χ1n) is 4.94. The molecule has 92 valence electrons. The topological polar surface area (TPSA) is 65.0 Å². The van der Waals surface area contributed by atoms with Crippen LogP contribution in [-0.2, 0) is 4.79 Å². The minimum Gasteiger partial charge on any atom is -0.479 e. The molecule has 1 aromatic rings. The van der Waals surface area contributed by atoms with E-state index in [1.165, 1.54) is 0 Å². The van der Waals surface area contributed by atoms with Crippen LogP contribution in [0.25, 0.3) is 0 Å². The molecule has 1 heterocycles. The van der Waals surface area contributed by atoms with Gasteiger partial charge in [-0.25, -0.2) is 4.79 Å². The number of rotatable bonds is 3. The van der Waals surface area contributed by atoms with Crippen molar-refractivity contribution >= 4 is 17.6 Å². The van der Waals surface area contributed by atoms with Crippen molar-refractivity contribution in [1.29, 1.82) is 0 Å².